The molecule has 2 heterocycles. The Bertz CT molecular complexity index is 1640. The summed E-state index contributed by atoms with van der Waals surface area (Å²) in [4.78, 5) is 13.4. The number of rotatable bonds is 67. The number of unbranched alkanes of at least 4 members (excludes halogenated alkanes) is 52. The van der Waals surface area contributed by atoms with Crippen molar-refractivity contribution >= 4 is 5.91 Å². The van der Waals surface area contributed by atoms with Gasteiger partial charge in [0.25, 0.3) is 0 Å². The number of amides is 1. The number of aliphatic hydroxyl groups is 8. The first-order chi connectivity index (χ1) is 45.1. The normalized spacial score (nSPS) is 22.7. The van der Waals surface area contributed by atoms with Gasteiger partial charge in [-0.1, -0.05) is 359 Å². The lowest BCUT2D eigenvalue weighted by Crippen LogP contribution is -2.65. The molecule has 14 heteroatoms. The fourth-order valence-electron chi connectivity index (χ4n) is 13.4. The van der Waals surface area contributed by atoms with Gasteiger partial charge < -0.3 is 65.1 Å². The summed E-state index contributed by atoms with van der Waals surface area (Å²) in [5.74, 6) is -0.240. The molecule has 0 aromatic rings. The van der Waals surface area contributed by atoms with E-state index in [1.807, 2.05) is 6.08 Å². The molecule has 2 fully saturated rings. The van der Waals surface area contributed by atoms with Crippen molar-refractivity contribution in [3.63, 3.8) is 0 Å². The molecule has 544 valence electrons. The van der Waals surface area contributed by atoms with Crippen LogP contribution in [0, 0.1) is 0 Å². The predicted molar refractivity (Wildman–Crippen MR) is 378 cm³/mol. The van der Waals surface area contributed by atoms with Gasteiger partial charge in [-0.3, -0.25) is 4.79 Å². The topological polar surface area (TPSA) is 228 Å². The van der Waals surface area contributed by atoms with E-state index >= 15 is 0 Å². The number of allylic oxidation sites excluding steroid dienone is 3. The Balaban J connectivity index is 1.61. The smallest absolute Gasteiger partial charge is 0.220 e. The lowest BCUT2D eigenvalue weighted by Gasteiger charge is -2.46. The van der Waals surface area contributed by atoms with Crippen LogP contribution >= 0.6 is 0 Å². The summed E-state index contributed by atoms with van der Waals surface area (Å²) in [6.45, 7) is 2.85. The zero-order valence-corrected chi connectivity index (χ0v) is 59.6. The third-order valence-electron chi connectivity index (χ3n) is 19.6. The molecular weight excluding hydrogens is 1160 g/mol. The van der Waals surface area contributed by atoms with Crippen LogP contribution in [0.4, 0.5) is 0 Å². The number of hydrogen-bond donors (Lipinski definition) is 9. The number of carbonyl (C=O) groups is 1. The molecule has 92 heavy (non-hydrogen) atoms. The Kier molecular flexibility index (Phi) is 59.2. The number of carbonyl (C=O) groups excluding carboxylic acids is 1. The molecule has 12 atom stereocenters. The van der Waals surface area contributed by atoms with E-state index in [0.29, 0.717) is 12.8 Å². The summed E-state index contributed by atoms with van der Waals surface area (Å²) in [6, 6.07) is -0.930. The predicted octanol–water partition coefficient (Wildman–Crippen LogP) is 17.5. The highest BCUT2D eigenvalue weighted by molar-refractivity contribution is 5.76. The molecule has 0 aromatic carbocycles. The quantitative estimate of drug-likeness (QED) is 0.0204. The molecule has 1 amide bonds. The summed E-state index contributed by atoms with van der Waals surface area (Å²) < 4.78 is 22.9. The minimum absolute atomic E-state index is 0.240. The van der Waals surface area contributed by atoms with Gasteiger partial charge in [0.2, 0.25) is 5.91 Å². The minimum Gasteiger partial charge on any atom is -0.394 e. The molecule has 0 aliphatic carbocycles. The third-order valence-corrected chi connectivity index (χ3v) is 19.6. The summed E-state index contributed by atoms with van der Waals surface area (Å²) >= 11 is 0. The van der Waals surface area contributed by atoms with Crippen LogP contribution in [-0.4, -0.2) is 140 Å². The number of aliphatic hydroxyl groups excluding tert-OH is 8. The lowest BCUT2D eigenvalue weighted by atomic mass is 9.97. The SMILES string of the molecule is CCCCCCCCCCCCCCCCCCCC/C=C/CC/C=C/C(O)C(COC1OC(CO)C(OC2OC(CO)C(O)C(O)C2O)C(O)C1O)NC(=O)CCCCCCCCCCCCCCCCCCCCCCCCCCCCCCCCCCCC. The average molecular weight is 1310 g/mol. The van der Waals surface area contributed by atoms with Crippen molar-refractivity contribution in [2.24, 2.45) is 0 Å². The molecule has 12 unspecified atom stereocenters. The minimum atomic E-state index is -1.79. The van der Waals surface area contributed by atoms with E-state index in [2.05, 4.69) is 31.3 Å². The van der Waals surface area contributed by atoms with Crippen LogP contribution in [0.2, 0.25) is 0 Å². The van der Waals surface area contributed by atoms with Crippen molar-refractivity contribution < 1.29 is 64.6 Å². The molecule has 2 aliphatic heterocycles. The Labute approximate surface area is 564 Å². The molecule has 2 aliphatic rings. The van der Waals surface area contributed by atoms with Crippen LogP contribution in [-0.2, 0) is 23.7 Å². The van der Waals surface area contributed by atoms with Gasteiger partial charge >= 0.3 is 0 Å². The van der Waals surface area contributed by atoms with E-state index in [1.54, 1.807) is 6.08 Å². The zero-order valence-electron chi connectivity index (χ0n) is 59.6. The second-order valence-electron chi connectivity index (χ2n) is 28.2. The second kappa shape index (κ2) is 63.0. The molecule has 0 radical (unpaired) electrons. The molecular formula is C78H149NO13. The van der Waals surface area contributed by atoms with Gasteiger partial charge in [-0.25, -0.2) is 0 Å². The van der Waals surface area contributed by atoms with Crippen molar-refractivity contribution in [2.45, 2.75) is 447 Å². The molecule has 9 N–H and O–H groups in total. The summed E-state index contributed by atoms with van der Waals surface area (Å²) in [5.41, 5.74) is 0. The van der Waals surface area contributed by atoms with Crippen molar-refractivity contribution in [3.8, 4) is 0 Å². The van der Waals surface area contributed by atoms with Gasteiger partial charge in [-0.05, 0) is 32.1 Å². The van der Waals surface area contributed by atoms with Gasteiger partial charge in [0.1, 0.15) is 48.8 Å². The molecule has 14 nitrogen and oxygen atoms in total. The van der Waals surface area contributed by atoms with Crippen LogP contribution < -0.4 is 5.32 Å². The van der Waals surface area contributed by atoms with E-state index in [0.717, 1.165) is 32.1 Å². The maximum absolute atomic E-state index is 13.4. The summed E-state index contributed by atoms with van der Waals surface area (Å²) in [6.07, 6.45) is 64.1. The standard InChI is InChI=1S/C78H149NO13/c1-3-5-7-9-11-13-15-17-19-21-23-25-27-29-30-31-32-33-34-35-36-37-38-40-42-44-46-48-50-52-54-56-58-60-62-70(83)79-66(65-89-77-75(88)73(86)76(69(64-81)91-77)92-78-74(87)72(85)71(84)68(63-80)90-78)67(82)61-59-57-55-53-51-49-47-45-43-41-39-28-26-24-22-20-18-16-14-12-10-8-6-4-2/h51,53,59,61,66-69,71-78,80-82,84-88H,3-50,52,54-58,60,62-65H2,1-2H3,(H,79,83)/b53-51+,61-59+. The largest absolute Gasteiger partial charge is 0.394 e. The maximum atomic E-state index is 13.4. The molecule has 0 bridgehead atoms. The Morgan fingerprint density at radius 3 is 1.07 bits per heavy atom. The van der Waals surface area contributed by atoms with Crippen LogP contribution in [0.3, 0.4) is 0 Å². The fourth-order valence-corrected chi connectivity index (χ4v) is 13.4. The van der Waals surface area contributed by atoms with Crippen LogP contribution in [0.25, 0.3) is 0 Å². The number of hydrogen-bond acceptors (Lipinski definition) is 13. The van der Waals surface area contributed by atoms with E-state index in [9.17, 15) is 45.6 Å². The third kappa shape index (κ3) is 45.9. The van der Waals surface area contributed by atoms with Crippen LogP contribution in [0.5, 0.6) is 0 Å². The molecule has 2 rings (SSSR count). The average Bonchev–Trinajstić information content (AvgIpc) is 0.847. The maximum Gasteiger partial charge on any atom is 0.220 e. The van der Waals surface area contributed by atoms with E-state index < -0.39 is 86.8 Å². The molecule has 2 saturated heterocycles. The van der Waals surface area contributed by atoms with Gasteiger partial charge in [0.05, 0.1) is 32.0 Å². The van der Waals surface area contributed by atoms with Crippen LogP contribution in [0.1, 0.15) is 373 Å². The number of ether oxygens (including phenoxy) is 4. The van der Waals surface area contributed by atoms with Crippen LogP contribution in [0.15, 0.2) is 24.3 Å². The van der Waals surface area contributed by atoms with Gasteiger partial charge in [-0.15, -0.1) is 0 Å². The second-order valence-corrected chi connectivity index (χ2v) is 28.2. The van der Waals surface area contributed by atoms with E-state index in [1.165, 1.54) is 308 Å². The first-order valence-corrected chi connectivity index (χ1v) is 39.6. The van der Waals surface area contributed by atoms with Crippen molar-refractivity contribution in [3.05, 3.63) is 24.3 Å². The summed E-state index contributed by atoms with van der Waals surface area (Å²) in [7, 11) is 0. The number of nitrogens with one attached hydrogen (secondary N) is 1. The highest BCUT2D eigenvalue weighted by Crippen LogP contribution is 2.30. The van der Waals surface area contributed by atoms with E-state index in [4.69, 9.17) is 18.9 Å². The summed E-state index contributed by atoms with van der Waals surface area (Å²) in [5, 5.41) is 87.6. The Morgan fingerprint density at radius 2 is 0.696 bits per heavy atom. The highest BCUT2D eigenvalue weighted by atomic mass is 16.7. The van der Waals surface area contributed by atoms with Crippen molar-refractivity contribution in [1.82, 2.24) is 5.32 Å². The molecule has 0 spiro atoms. The first-order valence-electron chi connectivity index (χ1n) is 39.6. The van der Waals surface area contributed by atoms with Gasteiger partial charge in [0.15, 0.2) is 12.6 Å². The monoisotopic (exact) mass is 1310 g/mol. The zero-order chi connectivity index (χ0) is 66.6. The fraction of sp³-hybridized carbons (Fsp3) is 0.936. The Hall–Kier alpha value is -1.53. The van der Waals surface area contributed by atoms with Crippen molar-refractivity contribution in [2.75, 3.05) is 19.8 Å². The molecule has 0 aromatic heterocycles. The first kappa shape index (κ1) is 86.6. The molecule has 0 saturated carbocycles. The van der Waals surface area contributed by atoms with Gasteiger partial charge in [0, 0.05) is 6.42 Å². The van der Waals surface area contributed by atoms with Gasteiger partial charge in [-0.2, -0.15) is 0 Å². The van der Waals surface area contributed by atoms with Crippen molar-refractivity contribution in [1.29, 1.82) is 0 Å². The lowest BCUT2D eigenvalue weighted by molar-refractivity contribution is -0.359. The van der Waals surface area contributed by atoms with E-state index in [-0.39, 0.29) is 18.9 Å². The Morgan fingerprint density at radius 1 is 0.380 bits per heavy atom. The highest BCUT2D eigenvalue weighted by Gasteiger charge is 2.51.